The van der Waals surface area contributed by atoms with Gasteiger partial charge in [0.05, 0.1) is 13.2 Å². The Kier molecular flexibility index (Phi) is 5.70. The molecule has 4 heteroatoms. The highest BCUT2D eigenvalue weighted by Crippen LogP contribution is 2.34. The highest BCUT2D eigenvalue weighted by Gasteiger charge is 2.24. The van der Waals surface area contributed by atoms with E-state index in [2.05, 4.69) is 74.7 Å². The standard InChI is InChI=1S/C19H23BrN2O/c1-23-16-9-7-15(8-10-16)19(17-5-2-3-6-18(17)20)22-13-4-11-21-12-14-22/h2-3,5-10,19,21H,4,11-14H2,1H3. The first-order chi connectivity index (χ1) is 11.3. The molecule has 1 N–H and O–H groups in total. The molecular formula is C19H23BrN2O. The Labute approximate surface area is 146 Å². The first-order valence-electron chi connectivity index (χ1n) is 8.13. The highest BCUT2D eigenvalue weighted by molar-refractivity contribution is 9.10. The summed E-state index contributed by atoms with van der Waals surface area (Å²) in [5.41, 5.74) is 2.62. The zero-order valence-corrected chi connectivity index (χ0v) is 15.1. The van der Waals surface area contributed by atoms with Crippen LogP contribution in [-0.4, -0.2) is 38.2 Å². The Balaban J connectivity index is 1.99. The summed E-state index contributed by atoms with van der Waals surface area (Å²) < 4.78 is 6.48. The summed E-state index contributed by atoms with van der Waals surface area (Å²) in [4.78, 5) is 2.57. The minimum atomic E-state index is 0.261. The van der Waals surface area contributed by atoms with Crippen LogP contribution in [0.3, 0.4) is 0 Å². The number of benzene rings is 2. The molecule has 2 aromatic rings. The molecular weight excluding hydrogens is 352 g/mol. The van der Waals surface area contributed by atoms with Crippen molar-refractivity contribution in [3.05, 3.63) is 64.1 Å². The number of rotatable bonds is 4. The Hall–Kier alpha value is -1.36. The molecule has 1 atom stereocenters. The Morgan fingerprint density at radius 2 is 1.83 bits per heavy atom. The summed E-state index contributed by atoms with van der Waals surface area (Å²) in [6.07, 6.45) is 1.18. The maximum Gasteiger partial charge on any atom is 0.118 e. The van der Waals surface area contributed by atoms with E-state index in [0.717, 1.165) is 36.4 Å². The molecule has 3 rings (SSSR count). The lowest BCUT2D eigenvalue weighted by atomic mass is 9.96. The molecule has 0 bridgehead atoms. The van der Waals surface area contributed by atoms with Gasteiger partial charge in [-0.1, -0.05) is 46.3 Å². The number of ether oxygens (including phenoxy) is 1. The number of hydrogen-bond donors (Lipinski definition) is 1. The lowest BCUT2D eigenvalue weighted by molar-refractivity contribution is 0.240. The molecule has 1 heterocycles. The van der Waals surface area contributed by atoms with Crippen molar-refractivity contribution in [3.8, 4) is 5.75 Å². The average molecular weight is 375 g/mol. The predicted molar refractivity (Wildman–Crippen MR) is 98.0 cm³/mol. The molecule has 1 fully saturated rings. The zero-order chi connectivity index (χ0) is 16.1. The van der Waals surface area contributed by atoms with Crippen LogP contribution in [0, 0.1) is 0 Å². The van der Waals surface area contributed by atoms with Crippen LogP contribution in [-0.2, 0) is 0 Å². The molecule has 1 aliphatic heterocycles. The maximum atomic E-state index is 5.31. The van der Waals surface area contributed by atoms with Gasteiger partial charge in [0.25, 0.3) is 0 Å². The molecule has 0 amide bonds. The van der Waals surface area contributed by atoms with Crippen LogP contribution in [0.25, 0.3) is 0 Å². The number of halogens is 1. The zero-order valence-electron chi connectivity index (χ0n) is 13.5. The van der Waals surface area contributed by atoms with Gasteiger partial charge < -0.3 is 10.1 Å². The largest absolute Gasteiger partial charge is 0.497 e. The van der Waals surface area contributed by atoms with Crippen LogP contribution >= 0.6 is 15.9 Å². The quantitative estimate of drug-likeness (QED) is 0.879. The van der Waals surface area contributed by atoms with E-state index >= 15 is 0 Å². The van der Waals surface area contributed by atoms with Crippen molar-refractivity contribution < 1.29 is 4.74 Å². The fraction of sp³-hybridized carbons (Fsp3) is 0.368. The third-order valence-electron chi connectivity index (χ3n) is 4.37. The highest BCUT2D eigenvalue weighted by atomic mass is 79.9. The summed E-state index contributed by atoms with van der Waals surface area (Å²) in [6, 6.07) is 17.3. The van der Waals surface area contributed by atoms with Crippen LogP contribution in [0.2, 0.25) is 0 Å². The van der Waals surface area contributed by atoms with Crippen molar-refractivity contribution in [2.75, 3.05) is 33.3 Å². The van der Waals surface area contributed by atoms with Gasteiger partial charge in [0.15, 0.2) is 0 Å². The Bertz CT molecular complexity index is 622. The number of nitrogens with zero attached hydrogens (tertiary/aromatic N) is 1. The van der Waals surface area contributed by atoms with Crippen molar-refractivity contribution in [2.24, 2.45) is 0 Å². The first kappa shape index (κ1) is 16.5. The topological polar surface area (TPSA) is 24.5 Å². The van der Waals surface area contributed by atoms with Gasteiger partial charge in [-0.3, -0.25) is 4.90 Å². The van der Waals surface area contributed by atoms with E-state index in [1.54, 1.807) is 7.11 Å². The number of methoxy groups -OCH3 is 1. The molecule has 1 unspecified atom stereocenters. The van der Waals surface area contributed by atoms with Gasteiger partial charge in [-0.15, -0.1) is 0 Å². The number of hydrogen-bond acceptors (Lipinski definition) is 3. The molecule has 0 aliphatic carbocycles. The van der Waals surface area contributed by atoms with Crippen molar-refractivity contribution in [3.63, 3.8) is 0 Å². The summed E-state index contributed by atoms with van der Waals surface area (Å²) in [6.45, 7) is 4.29. The number of nitrogens with one attached hydrogen (secondary N) is 1. The molecule has 2 aromatic carbocycles. The second-order valence-electron chi connectivity index (χ2n) is 5.84. The van der Waals surface area contributed by atoms with Crippen LogP contribution < -0.4 is 10.1 Å². The van der Waals surface area contributed by atoms with Gasteiger partial charge in [-0.05, 0) is 42.3 Å². The van der Waals surface area contributed by atoms with Crippen LogP contribution in [0.5, 0.6) is 5.75 Å². The first-order valence-corrected chi connectivity index (χ1v) is 8.92. The minimum absolute atomic E-state index is 0.261. The third-order valence-corrected chi connectivity index (χ3v) is 5.09. The van der Waals surface area contributed by atoms with E-state index in [9.17, 15) is 0 Å². The van der Waals surface area contributed by atoms with E-state index in [1.807, 2.05) is 0 Å². The second-order valence-corrected chi connectivity index (χ2v) is 6.69. The third kappa shape index (κ3) is 3.94. The fourth-order valence-corrected chi connectivity index (χ4v) is 3.70. The molecule has 0 spiro atoms. The van der Waals surface area contributed by atoms with Crippen molar-refractivity contribution >= 4 is 15.9 Å². The van der Waals surface area contributed by atoms with E-state index in [4.69, 9.17) is 4.74 Å². The van der Waals surface area contributed by atoms with Gasteiger partial charge in [0.1, 0.15) is 5.75 Å². The SMILES string of the molecule is COc1ccc(C(c2ccccc2Br)N2CCCNCC2)cc1. The molecule has 1 aliphatic rings. The average Bonchev–Trinajstić information content (AvgIpc) is 2.87. The second kappa shape index (κ2) is 7.95. The van der Waals surface area contributed by atoms with E-state index in [0.29, 0.717) is 0 Å². The summed E-state index contributed by atoms with van der Waals surface area (Å²) in [5, 5.41) is 3.49. The summed E-state index contributed by atoms with van der Waals surface area (Å²) >= 11 is 3.74. The summed E-state index contributed by atoms with van der Waals surface area (Å²) in [7, 11) is 1.71. The molecule has 122 valence electrons. The van der Waals surface area contributed by atoms with E-state index in [1.165, 1.54) is 17.5 Å². The summed E-state index contributed by atoms with van der Waals surface area (Å²) in [5.74, 6) is 0.900. The molecule has 0 aromatic heterocycles. The van der Waals surface area contributed by atoms with Gasteiger partial charge in [0.2, 0.25) is 0 Å². The fourth-order valence-electron chi connectivity index (χ4n) is 3.19. The van der Waals surface area contributed by atoms with Crippen LogP contribution in [0.15, 0.2) is 53.0 Å². The van der Waals surface area contributed by atoms with Gasteiger partial charge in [-0.2, -0.15) is 0 Å². The van der Waals surface area contributed by atoms with E-state index in [-0.39, 0.29) is 6.04 Å². The Morgan fingerprint density at radius 1 is 1.04 bits per heavy atom. The Morgan fingerprint density at radius 3 is 2.57 bits per heavy atom. The lowest BCUT2D eigenvalue weighted by Gasteiger charge is -2.32. The van der Waals surface area contributed by atoms with Crippen LogP contribution in [0.4, 0.5) is 0 Å². The smallest absolute Gasteiger partial charge is 0.118 e. The maximum absolute atomic E-state index is 5.31. The molecule has 1 saturated heterocycles. The lowest BCUT2D eigenvalue weighted by Crippen LogP contribution is -2.33. The molecule has 0 radical (unpaired) electrons. The molecule has 0 saturated carbocycles. The van der Waals surface area contributed by atoms with Crippen LogP contribution in [0.1, 0.15) is 23.6 Å². The normalized spacial score (nSPS) is 17.5. The minimum Gasteiger partial charge on any atom is -0.497 e. The molecule has 3 nitrogen and oxygen atoms in total. The molecule has 23 heavy (non-hydrogen) atoms. The van der Waals surface area contributed by atoms with Crippen molar-refractivity contribution in [1.29, 1.82) is 0 Å². The van der Waals surface area contributed by atoms with Gasteiger partial charge in [0, 0.05) is 24.1 Å². The monoisotopic (exact) mass is 374 g/mol. The van der Waals surface area contributed by atoms with E-state index < -0.39 is 0 Å². The predicted octanol–water partition coefficient (Wildman–Crippen LogP) is 3.84. The van der Waals surface area contributed by atoms with Gasteiger partial charge >= 0.3 is 0 Å². The van der Waals surface area contributed by atoms with Crippen molar-refractivity contribution in [1.82, 2.24) is 10.2 Å². The van der Waals surface area contributed by atoms with Crippen molar-refractivity contribution in [2.45, 2.75) is 12.5 Å². The van der Waals surface area contributed by atoms with Gasteiger partial charge in [-0.25, -0.2) is 0 Å².